The van der Waals surface area contributed by atoms with Crippen molar-refractivity contribution in [1.82, 2.24) is 14.4 Å². The molecular formula is C13H8BrN3O2. The van der Waals surface area contributed by atoms with Gasteiger partial charge in [0.05, 0.1) is 4.47 Å². The highest BCUT2D eigenvalue weighted by molar-refractivity contribution is 9.10. The average molecular weight is 318 g/mol. The molecule has 0 spiro atoms. The Bertz CT molecular complexity index is 768. The van der Waals surface area contributed by atoms with E-state index in [0.29, 0.717) is 15.9 Å². The number of rotatable bonds is 2. The van der Waals surface area contributed by atoms with Crippen LogP contribution in [0.15, 0.2) is 47.2 Å². The summed E-state index contributed by atoms with van der Waals surface area (Å²) in [5.74, 6) is -0.675. The van der Waals surface area contributed by atoms with E-state index in [9.17, 15) is 9.90 Å². The first-order valence-corrected chi connectivity index (χ1v) is 6.28. The second-order valence-corrected chi connectivity index (χ2v) is 4.84. The van der Waals surface area contributed by atoms with Crippen molar-refractivity contribution in [3.8, 4) is 11.3 Å². The first-order valence-electron chi connectivity index (χ1n) is 5.49. The van der Waals surface area contributed by atoms with Gasteiger partial charge >= 0.3 is 5.97 Å². The minimum absolute atomic E-state index is 0.106. The Morgan fingerprint density at radius 1 is 1.26 bits per heavy atom. The number of carboxylic acids is 1. The summed E-state index contributed by atoms with van der Waals surface area (Å²) >= 11 is 3.28. The summed E-state index contributed by atoms with van der Waals surface area (Å²) in [6.45, 7) is 0. The molecule has 19 heavy (non-hydrogen) atoms. The molecule has 2 aromatic heterocycles. The van der Waals surface area contributed by atoms with Crippen LogP contribution in [0.4, 0.5) is 0 Å². The fraction of sp³-hybridized carbons (Fsp3) is 0. The zero-order valence-corrected chi connectivity index (χ0v) is 11.2. The first kappa shape index (κ1) is 11.9. The molecular weight excluding hydrogens is 310 g/mol. The van der Waals surface area contributed by atoms with Crippen LogP contribution in [-0.4, -0.2) is 25.4 Å². The monoisotopic (exact) mass is 317 g/mol. The van der Waals surface area contributed by atoms with Crippen molar-refractivity contribution in [1.29, 1.82) is 0 Å². The lowest BCUT2D eigenvalue weighted by molar-refractivity contribution is 0.0690. The molecule has 0 saturated heterocycles. The molecule has 5 nitrogen and oxygen atoms in total. The van der Waals surface area contributed by atoms with Gasteiger partial charge in [0.15, 0.2) is 5.69 Å². The maximum Gasteiger partial charge on any atom is 0.355 e. The van der Waals surface area contributed by atoms with E-state index >= 15 is 0 Å². The van der Waals surface area contributed by atoms with Crippen molar-refractivity contribution in [2.24, 2.45) is 0 Å². The van der Waals surface area contributed by atoms with Gasteiger partial charge in [0.2, 0.25) is 5.78 Å². The van der Waals surface area contributed by atoms with E-state index in [1.165, 1.54) is 4.40 Å². The number of hydrogen-bond donors (Lipinski definition) is 1. The lowest BCUT2D eigenvalue weighted by Gasteiger charge is -2.00. The minimum atomic E-state index is -1.04. The molecule has 3 aromatic rings. The second kappa shape index (κ2) is 4.47. The van der Waals surface area contributed by atoms with Crippen LogP contribution in [-0.2, 0) is 0 Å². The molecule has 1 N–H and O–H groups in total. The van der Waals surface area contributed by atoms with Gasteiger partial charge in [0.1, 0.15) is 5.69 Å². The summed E-state index contributed by atoms with van der Waals surface area (Å²) < 4.78 is 2.16. The first-order chi connectivity index (χ1) is 9.16. The van der Waals surface area contributed by atoms with Gasteiger partial charge in [-0.25, -0.2) is 14.8 Å². The standard InChI is InChI=1S/C13H8BrN3O2/c14-9-6-15-13-16-10(8-4-2-1-3-5-8)11(12(18)19)17(13)7-9/h1-7H,(H,18,19). The lowest BCUT2D eigenvalue weighted by atomic mass is 10.1. The molecule has 0 amide bonds. The molecule has 6 heteroatoms. The number of carboxylic acid groups (broad SMARTS) is 1. The highest BCUT2D eigenvalue weighted by Gasteiger charge is 2.20. The Balaban J connectivity index is 2.36. The van der Waals surface area contributed by atoms with Crippen LogP contribution in [0.3, 0.4) is 0 Å². The number of imidazole rings is 1. The van der Waals surface area contributed by atoms with Crippen molar-refractivity contribution in [3.63, 3.8) is 0 Å². The number of hydrogen-bond acceptors (Lipinski definition) is 3. The number of halogens is 1. The largest absolute Gasteiger partial charge is 0.476 e. The quantitative estimate of drug-likeness (QED) is 0.789. The van der Waals surface area contributed by atoms with E-state index in [1.807, 2.05) is 30.3 Å². The molecule has 0 aliphatic carbocycles. The predicted molar refractivity (Wildman–Crippen MR) is 73.1 cm³/mol. The van der Waals surface area contributed by atoms with E-state index in [1.54, 1.807) is 12.4 Å². The topological polar surface area (TPSA) is 67.5 Å². The highest BCUT2D eigenvalue weighted by atomic mass is 79.9. The maximum absolute atomic E-state index is 11.5. The van der Waals surface area contributed by atoms with Gasteiger partial charge in [-0.2, -0.15) is 0 Å². The molecule has 3 rings (SSSR count). The van der Waals surface area contributed by atoms with Crippen molar-refractivity contribution in [2.45, 2.75) is 0 Å². The minimum Gasteiger partial charge on any atom is -0.476 e. The SMILES string of the molecule is O=C(O)c1c(-c2ccccc2)nc2ncc(Br)cn12. The zero-order valence-electron chi connectivity index (χ0n) is 9.62. The van der Waals surface area contributed by atoms with Gasteiger partial charge in [0.25, 0.3) is 0 Å². The van der Waals surface area contributed by atoms with E-state index in [-0.39, 0.29) is 5.69 Å². The number of carbonyl (C=O) groups is 1. The highest BCUT2D eigenvalue weighted by Crippen LogP contribution is 2.24. The fourth-order valence-corrected chi connectivity index (χ4v) is 2.22. The van der Waals surface area contributed by atoms with Gasteiger partial charge in [-0.3, -0.25) is 4.40 Å². The van der Waals surface area contributed by atoms with Crippen LogP contribution in [0.25, 0.3) is 17.0 Å². The van der Waals surface area contributed by atoms with E-state index in [2.05, 4.69) is 25.9 Å². The summed E-state index contributed by atoms with van der Waals surface area (Å²) in [5.41, 5.74) is 1.27. The molecule has 1 aromatic carbocycles. The lowest BCUT2D eigenvalue weighted by Crippen LogP contribution is -2.04. The second-order valence-electron chi connectivity index (χ2n) is 3.92. The number of nitrogens with zero attached hydrogens (tertiary/aromatic N) is 3. The third kappa shape index (κ3) is 2.00. The third-order valence-electron chi connectivity index (χ3n) is 2.70. The van der Waals surface area contributed by atoms with Crippen LogP contribution in [0.2, 0.25) is 0 Å². The van der Waals surface area contributed by atoms with Crippen LogP contribution >= 0.6 is 15.9 Å². The summed E-state index contributed by atoms with van der Waals surface area (Å²) in [5, 5.41) is 9.40. The molecule has 0 fully saturated rings. The number of fused-ring (bicyclic) bond motifs is 1. The number of benzene rings is 1. The summed E-state index contributed by atoms with van der Waals surface area (Å²) in [4.78, 5) is 19.9. The summed E-state index contributed by atoms with van der Waals surface area (Å²) in [7, 11) is 0. The number of aromatic carboxylic acids is 1. The molecule has 0 radical (unpaired) electrons. The average Bonchev–Trinajstić information content (AvgIpc) is 2.78. The third-order valence-corrected chi connectivity index (χ3v) is 3.11. The van der Waals surface area contributed by atoms with Crippen LogP contribution in [0.1, 0.15) is 10.5 Å². The summed E-state index contributed by atoms with van der Waals surface area (Å²) in [6.07, 6.45) is 3.23. The van der Waals surface area contributed by atoms with E-state index in [0.717, 1.165) is 5.56 Å². The van der Waals surface area contributed by atoms with Crippen LogP contribution < -0.4 is 0 Å². The maximum atomic E-state index is 11.5. The molecule has 0 saturated carbocycles. The molecule has 0 unspecified atom stereocenters. The van der Waals surface area contributed by atoms with Gasteiger partial charge in [-0.15, -0.1) is 0 Å². The van der Waals surface area contributed by atoms with Crippen molar-refractivity contribution < 1.29 is 9.90 Å². The molecule has 2 heterocycles. The zero-order chi connectivity index (χ0) is 13.4. The van der Waals surface area contributed by atoms with E-state index < -0.39 is 5.97 Å². The van der Waals surface area contributed by atoms with E-state index in [4.69, 9.17) is 0 Å². The normalized spacial score (nSPS) is 10.8. The van der Waals surface area contributed by atoms with Crippen LogP contribution in [0, 0.1) is 0 Å². The smallest absolute Gasteiger partial charge is 0.355 e. The Morgan fingerprint density at radius 3 is 2.68 bits per heavy atom. The molecule has 94 valence electrons. The fourth-order valence-electron chi connectivity index (χ4n) is 1.91. The molecule has 0 atom stereocenters. The Labute approximate surface area is 116 Å². The molecule has 0 aliphatic heterocycles. The van der Waals surface area contributed by atoms with Crippen molar-refractivity contribution in [3.05, 3.63) is 52.9 Å². The Hall–Kier alpha value is -2.21. The predicted octanol–water partition coefficient (Wildman–Crippen LogP) is 2.86. The molecule has 0 aliphatic rings. The van der Waals surface area contributed by atoms with Gasteiger partial charge < -0.3 is 5.11 Å². The van der Waals surface area contributed by atoms with Crippen molar-refractivity contribution >= 4 is 27.7 Å². The number of aromatic nitrogens is 3. The summed E-state index contributed by atoms with van der Waals surface area (Å²) in [6, 6.07) is 9.20. The van der Waals surface area contributed by atoms with Crippen molar-refractivity contribution in [2.75, 3.05) is 0 Å². The van der Waals surface area contributed by atoms with Gasteiger partial charge in [-0.1, -0.05) is 30.3 Å². The van der Waals surface area contributed by atoms with Gasteiger partial charge in [0, 0.05) is 18.0 Å². The van der Waals surface area contributed by atoms with Gasteiger partial charge in [-0.05, 0) is 15.9 Å². The van der Waals surface area contributed by atoms with Crippen LogP contribution in [0.5, 0.6) is 0 Å². The Kier molecular flexibility index (Phi) is 2.79. The molecule has 0 bridgehead atoms. The Morgan fingerprint density at radius 2 is 2.00 bits per heavy atom.